The molecule has 0 radical (unpaired) electrons. The second kappa shape index (κ2) is 8.91. The highest BCUT2D eigenvalue weighted by Gasteiger charge is 2.25. The van der Waals surface area contributed by atoms with Crippen molar-refractivity contribution < 1.29 is 14.3 Å². The standard InChI is InChI=1S/C23H28N2O3/c1-17(2)18-8-10-19(11-9-18)23(27)25-14-12-24(13-15-25)22(26)16-20-6-4-5-7-21(20)28-3/h4-11,17H,12-16H2,1-3H3. The first-order valence-corrected chi connectivity index (χ1v) is 9.78. The fourth-order valence-corrected chi connectivity index (χ4v) is 3.48. The van der Waals surface area contributed by atoms with Gasteiger partial charge < -0.3 is 14.5 Å². The van der Waals surface area contributed by atoms with Crippen LogP contribution in [0.2, 0.25) is 0 Å². The van der Waals surface area contributed by atoms with Gasteiger partial charge in [0.2, 0.25) is 5.91 Å². The monoisotopic (exact) mass is 380 g/mol. The van der Waals surface area contributed by atoms with Gasteiger partial charge in [-0.25, -0.2) is 0 Å². The molecule has 0 aliphatic carbocycles. The Balaban J connectivity index is 1.56. The van der Waals surface area contributed by atoms with Gasteiger partial charge >= 0.3 is 0 Å². The number of methoxy groups -OCH3 is 1. The van der Waals surface area contributed by atoms with Gasteiger partial charge in [0.25, 0.3) is 5.91 Å². The first-order chi connectivity index (χ1) is 13.5. The molecule has 0 saturated carbocycles. The first kappa shape index (κ1) is 19.9. The van der Waals surface area contributed by atoms with E-state index >= 15 is 0 Å². The van der Waals surface area contributed by atoms with Crippen molar-refractivity contribution in [2.24, 2.45) is 0 Å². The second-order valence-corrected chi connectivity index (χ2v) is 7.44. The molecule has 5 nitrogen and oxygen atoms in total. The number of nitrogens with zero attached hydrogens (tertiary/aromatic N) is 2. The number of piperazine rings is 1. The van der Waals surface area contributed by atoms with E-state index in [2.05, 4.69) is 13.8 Å². The average Bonchev–Trinajstić information content (AvgIpc) is 2.73. The summed E-state index contributed by atoms with van der Waals surface area (Å²) in [5, 5.41) is 0. The van der Waals surface area contributed by atoms with Crippen molar-refractivity contribution in [3.05, 3.63) is 65.2 Å². The Labute approximate surface area is 166 Å². The zero-order chi connectivity index (χ0) is 20.1. The zero-order valence-electron chi connectivity index (χ0n) is 16.9. The molecule has 3 rings (SSSR count). The van der Waals surface area contributed by atoms with E-state index < -0.39 is 0 Å². The number of ether oxygens (including phenoxy) is 1. The Morgan fingerprint density at radius 3 is 2.14 bits per heavy atom. The summed E-state index contributed by atoms with van der Waals surface area (Å²) in [6, 6.07) is 15.4. The molecule has 0 N–H and O–H groups in total. The molecule has 1 aliphatic heterocycles. The van der Waals surface area contributed by atoms with Crippen LogP contribution < -0.4 is 4.74 Å². The fraction of sp³-hybridized carbons (Fsp3) is 0.391. The molecule has 1 aliphatic rings. The number of rotatable bonds is 5. The topological polar surface area (TPSA) is 49.9 Å². The van der Waals surface area contributed by atoms with Gasteiger partial charge in [0.15, 0.2) is 0 Å². The number of amides is 2. The third kappa shape index (κ3) is 4.53. The lowest BCUT2D eigenvalue weighted by atomic mass is 10.0. The lowest BCUT2D eigenvalue weighted by Crippen LogP contribution is -2.51. The van der Waals surface area contributed by atoms with Gasteiger partial charge in [-0.05, 0) is 29.7 Å². The maximum Gasteiger partial charge on any atom is 0.253 e. The molecular formula is C23H28N2O3. The predicted molar refractivity (Wildman–Crippen MR) is 110 cm³/mol. The molecule has 0 unspecified atom stereocenters. The van der Waals surface area contributed by atoms with Crippen LogP contribution in [0.5, 0.6) is 5.75 Å². The number of para-hydroxylation sites is 1. The Bertz CT molecular complexity index is 822. The molecule has 148 valence electrons. The minimum atomic E-state index is 0.0344. The van der Waals surface area contributed by atoms with Crippen LogP contribution >= 0.6 is 0 Å². The summed E-state index contributed by atoms with van der Waals surface area (Å²) in [4.78, 5) is 29.1. The van der Waals surface area contributed by atoms with Crippen LogP contribution in [0.15, 0.2) is 48.5 Å². The van der Waals surface area contributed by atoms with E-state index in [1.54, 1.807) is 7.11 Å². The van der Waals surface area contributed by atoms with Crippen molar-refractivity contribution in [3.63, 3.8) is 0 Å². The van der Waals surface area contributed by atoms with Gasteiger partial charge in [-0.1, -0.05) is 44.2 Å². The zero-order valence-corrected chi connectivity index (χ0v) is 16.9. The molecular weight excluding hydrogens is 352 g/mol. The van der Waals surface area contributed by atoms with Crippen LogP contribution in [-0.2, 0) is 11.2 Å². The van der Waals surface area contributed by atoms with E-state index in [-0.39, 0.29) is 11.8 Å². The molecule has 5 heteroatoms. The van der Waals surface area contributed by atoms with Crippen molar-refractivity contribution in [1.82, 2.24) is 9.80 Å². The van der Waals surface area contributed by atoms with Gasteiger partial charge in [-0.2, -0.15) is 0 Å². The summed E-state index contributed by atoms with van der Waals surface area (Å²) < 4.78 is 5.33. The lowest BCUT2D eigenvalue weighted by Gasteiger charge is -2.35. The molecule has 0 spiro atoms. The normalized spacial score (nSPS) is 14.3. The Hall–Kier alpha value is -2.82. The van der Waals surface area contributed by atoms with E-state index in [9.17, 15) is 9.59 Å². The predicted octanol–water partition coefficient (Wildman–Crippen LogP) is 3.35. The highest BCUT2D eigenvalue weighted by Crippen LogP contribution is 2.20. The van der Waals surface area contributed by atoms with Gasteiger partial charge in [0, 0.05) is 37.3 Å². The summed E-state index contributed by atoms with van der Waals surface area (Å²) in [5.41, 5.74) is 2.82. The van der Waals surface area contributed by atoms with Crippen molar-refractivity contribution >= 4 is 11.8 Å². The van der Waals surface area contributed by atoms with Gasteiger partial charge in [-0.15, -0.1) is 0 Å². The molecule has 2 aromatic rings. The van der Waals surface area contributed by atoms with E-state index in [0.717, 1.165) is 11.3 Å². The summed E-state index contributed by atoms with van der Waals surface area (Å²) >= 11 is 0. The van der Waals surface area contributed by atoms with Crippen molar-refractivity contribution in [1.29, 1.82) is 0 Å². The number of hydrogen-bond donors (Lipinski definition) is 0. The lowest BCUT2D eigenvalue weighted by molar-refractivity contribution is -0.131. The van der Waals surface area contributed by atoms with E-state index in [0.29, 0.717) is 44.1 Å². The van der Waals surface area contributed by atoms with Crippen LogP contribution in [0.3, 0.4) is 0 Å². The number of carbonyl (C=O) groups excluding carboxylic acids is 2. The maximum atomic E-state index is 12.7. The van der Waals surface area contributed by atoms with Crippen LogP contribution in [0.4, 0.5) is 0 Å². The molecule has 0 bridgehead atoms. The smallest absolute Gasteiger partial charge is 0.253 e. The van der Waals surface area contributed by atoms with Crippen LogP contribution in [0, 0.1) is 0 Å². The fourth-order valence-electron chi connectivity index (χ4n) is 3.48. The third-order valence-corrected chi connectivity index (χ3v) is 5.28. The van der Waals surface area contributed by atoms with Gasteiger partial charge in [0.1, 0.15) is 5.75 Å². The van der Waals surface area contributed by atoms with E-state index in [1.165, 1.54) is 5.56 Å². The molecule has 1 fully saturated rings. The molecule has 1 saturated heterocycles. The van der Waals surface area contributed by atoms with Crippen LogP contribution in [0.25, 0.3) is 0 Å². The quantitative estimate of drug-likeness (QED) is 0.799. The molecule has 1 heterocycles. The highest BCUT2D eigenvalue weighted by atomic mass is 16.5. The second-order valence-electron chi connectivity index (χ2n) is 7.44. The van der Waals surface area contributed by atoms with Crippen LogP contribution in [0.1, 0.15) is 41.3 Å². The Morgan fingerprint density at radius 2 is 1.54 bits per heavy atom. The summed E-state index contributed by atoms with van der Waals surface area (Å²) in [5.74, 6) is 1.28. The summed E-state index contributed by atoms with van der Waals surface area (Å²) in [6.07, 6.45) is 0.314. The molecule has 0 aromatic heterocycles. The maximum absolute atomic E-state index is 12.7. The van der Waals surface area contributed by atoms with Crippen molar-refractivity contribution in [2.75, 3.05) is 33.3 Å². The molecule has 0 atom stereocenters. The van der Waals surface area contributed by atoms with Gasteiger partial charge in [-0.3, -0.25) is 9.59 Å². The van der Waals surface area contributed by atoms with E-state index in [4.69, 9.17) is 4.74 Å². The summed E-state index contributed by atoms with van der Waals surface area (Å²) in [6.45, 7) is 6.51. The Morgan fingerprint density at radius 1 is 0.929 bits per heavy atom. The molecule has 28 heavy (non-hydrogen) atoms. The SMILES string of the molecule is COc1ccccc1CC(=O)N1CCN(C(=O)c2ccc(C(C)C)cc2)CC1. The Kier molecular flexibility index (Phi) is 6.34. The minimum Gasteiger partial charge on any atom is -0.496 e. The molecule has 2 aromatic carbocycles. The summed E-state index contributed by atoms with van der Waals surface area (Å²) in [7, 11) is 1.61. The van der Waals surface area contributed by atoms with E-state index in [1.807, 2.05) is 58.3 Å². The van der Waals surface area contributed by atoms with Gasteiger partial charge in [0.05, 0.1) is 13.5 Å². The largest absolute Gasteiger partial charge is 0.496 e. The third-order valence-electron chi connectivity index (χ3n) is 5.28. The number of benzene rings is 2. The molecule has 2 amide bonds. The number of carbonyl (C=O) groups is 2. The van der Waals surface area contributed by atoms with Crippen molar-refractivity contribution in [2.45, 2.75) is 26.2 Å². The number of hydrogen-bond acceptors (Lipinski definition) is 3. The highest BCUT2D eigenvalue weighted by molar-refractivity contribution is 5.94. The van der Waals surface area contributed by atoms with Crippen molar-refractivity contribution in [3.8, 4) is 5.75 Å². The average molecular weight is 380 g/mol. The van der Waals surface area contributed by atoms with Crippen LogP contribution in [-0.4, -0.2) is 54.9 Å². The minimum absolute atomic E-state index is 0.0344. The first-order valence-electron chi connectivity index (χ1n) is 9.78.